The molecule has 0 spiro atoms. The number of hydrogen-bond donors (Lipinski definition) is 0. The van der Waals surface area contributed by atoms with E-state index >= 15 is 0 Å². The number of halogens is 1. The topological polar surface area (TPSA) is 98.5 Å². The van der Waals surface area contributed by atoms with Gasteiger partial charge in [-0.3, -0.25) is 14.4 Å². The van der Waals surface area contributed by atoms with Gasteiger partial charge in [-0.05, 0) is 60.9 Å². The van der Waals surface area contributed by atoms with Crippen molar-refractivity contribution in [1.82, 2.24) is 9.80 Å². The lowest BCUT2D eigenvalue weighted by atomic mass is 10.1. The molecule has 216 valence electrons. The van der Waals surface area contributed by atoms with Crippen LogP contribution in [0.1, 0.15) is 34.3 Å². The number of carbonyl (C=O) groups excluding carboxylic acids is 2. The van der Waals surface area contributed by atoms with Crippen molar-refractivity contribution in [3.8, 4) is 11.5 Å². The van der Waals surface area contributed by atoms with Crippen molar-refractivity contribution >= 4 is 22.8 Å². The molecular weight excluding hydrogens is 543 g/mol. The molecule has 0 bridgehead atoms. The number of para-hydroxylation sites is 1. The quantitative estimate of drug-likeness (QED) is 0.291. The predicted octanol–water partition coefficient (Wildman–Crippen LogP) is 4.51. The van der Waals surface area contributed by atoms with Crippen LogP contribution in [0.4, 0.5) is 4.39 Å². The standard InChI is InChI=1S/C32H29FN2O7/c33-24-10-7-21(8-11-24)15-34(16-23-19-40-27-6-2-1-5-26(27)31(23)37)30(36)18-35(17-25-4-3-13-39-25)32(38)22-9-12-28-29(14-22)42-20-41-28/h1-2,5-12,14,19,25H,3-4,13,15-18,20H2/t25-/m0/s1. The van der Waals surface area contributed by atoms with Gasteiger partial charge >= 0.3 is 0 Å². The highest BCUT2D eigenvalue weighted by atomic mass is 19.1. The molecule has 1 fully saturated rings. The fourth-order valence-corrected chi connectivity index (χ4v) is 5.20. The van der Waals surface area contributed by atoms with E-state index in [-0.39, 0.29) is 61.9 Å². The van der Waals surface area contributed by atoms with Crippen LogP contribution in [0.2, 0.25) is 0 Å². The van der Waals surface area contributed by atoms with Gasteiger partial charge in [-0.1, -0.05) is 24.3 Å². The number of hydrogen-bond acceptors (Lipinski definition) is 7. The molecule has 2 aliphatic rings. The first kappa shape index (κ1) is 27.5. The average Bonchev–Trinajstić information content (AvgIpc) is 3.70. The highest BCUT2D eigenvalue weighted by Gasteiger charge is 2.29. The Balaban J connectivity index is 1.29. The van der Waals surface area contributed by atoms with Crippen LogP contribution < -0.4 is 14.9 Å². The van der Waals surface area contributed by atoms with E-state index in [0.29, 0.717) is 40.2 Å². The third kappa shape index (κ3) is 5.99. The molecule has 6 rings (SSSR count). The number of ether oxygens (including phenoxy) is 3. The Bertz CT molecular complexity index is 1660. The molecular formula is C32H29FN2O7. The normalized spacial score (nSPS) is 15.6. The fraction of sp³-hybridized carbons (Fsp3) is 0.281. The SMILES string of the molecule is O=C(CN(C[C@@H]1CCCO1)C(=O)c1ccc2c(c1)OCO2)N(Cc1ccc(F)cc1)Cc1coc2ccccc2c1=O. The van der Waals surface area contributed by atoms with E-state index < -0.39 is 5.82 Å². The second kappa shape index (κ2) is 12.0. The molecule has 3 heterocycles. The van der Waals surface area contributed by atoms with Gasteiger partial charge in [0.2, 0.25) is 12.7 Å². The van der Waals surface area contributed by atoms with E-state index in [0.717, 1.165) is 12.8 Å². The average molecular weight is 573 g/mol. The second-order valence-corrected chi connectivity index (χ2v) is 10.4. The van der Waals surface area contributed by atoms with Gasteiger partial charge in [-0.15, -0.1) is 0 Å². The van der Waals surface area contributed by atoms with E-state index in [1.165, 1.54) is 28.2 Å². The highest BCUT2D eigenvalue weighted by molar-refractivity contribution is 5.97. The molecule has 0 saturated carbocycles. The number of amides is 2. The van der Waals surface area contributed by atoms with Crippen molar-refractivity contribution in [3.05, 3.63) is 106 Å². The summed E-state index contributed by atoms with van der Waals surface area (Å²) in [5.41, 5.74) is 1.51. The smallest absolute Gasteiger partial charge is 0.254 e. The summed E-state index contributed by atoms with van der Waals surface area (Å²) < 4.78 is 35.9. The molecule has 0 unspecified atom stereocenters. The Morgan fingerprint density at radius 3 is 2.55 bits per heavy atom. The zero-order chi connectivity index (χ0) is 29.1. The Morgan fingerprint density at radius 2 is 1.74 bits per heavy atom. The van der Waals surface area contributed by atoms with Gasteiger partial charge in [0.05, 0.1) is 29.9 Å². The minimum atomic E-state index is -0.399. The van der Waals surface area contributed by atoms with Gasteiger partial charge in [0.25, 0.3) is 5.91 Å². The second-order valence-electron chi connectivity index (χ2n) is 10.4. The van der Waals surface area contributed by atoms with Gasteiger partial charge in [-0.25, -0.2) is 4.39 Å². The molecule has 9 nitrogen and oxygen atoms in total. The van der Waals surface area contributed by atoms with Crippen LogP contribution in [-0.4, -0.2) is 54.2 Å². The number of benzene rings is 3. The van der Waals surface area contributed by atoms with Crippen LogP contribution in [0.5, 0.6) is 11.5 Å². The van der Waals surface area contributed by atoms with Gasteiger partial charge < -0.3 is 28.4 Å². The lowest BCUT2D eigenvalue weighted by Gasteiger charge is -2.29. The summed E-state index contributed by atoms with van der Waals surface area (Å²) in [5.74, 6) is -0.134. The number of fused-ring (bicyclic) bond motifs is 2. The summed E-state index contributed by atoms with van der Waals surface area (Å²) >= 11 is 0. The molecule has 10 heteroatoms. The molecule has 1 saturated heterocycles. The Labute approximate surface area is 241 Å². The van der Waals surface area contributed by atoms with Crippen LogP contribution >= 0.6 is 0 Å². The first-order chi connectivity index (χ1) is 20.4. The van der Waals surface area contributed by atoms with Gasteiger partial charge in [0.1, 0.15) is 17.9 Å². The summed E-state index contributed by atoms with van der Waals surface area (Å²) in [7, 11) is 0. The zero-order valence-corrected chi connectivity index (χ0v) is 22.8. The van der Waals surface area contributed by atoms with E-state index in [4.69, 9.17) is 18.6 Å². The van der Waals surface area contributed by atoms with E-state index in [2.05, 4.69) is 0 Å². The maximum absolute atomic E-state index is 13.9. The lowest BCUT2D eigenvalue weighted by molar-refractivity contribution is -0.133. The molecule has 1 aromatic heterocycles. The summed E-state index contributed by atoms with van der Waals surface area (Å²) in [6, 6.07) is 17.6. The molecule has 4 aromatic rings. The van der Waals surface area contributed by atoms with Crippen LogP contribution in [0, 0.1) is 5.82 Å². The summed E-state index contributed by atoms with van der Waals surface area (Å²) in [5, 5.41) is 0.405. The van der Waals surface area contributed by atoms with Crippen molar-refractivity contribution in [1.29, 1.82) is 0 Å². The largest absolute Gasteiger partial charge is 0.464 e. The summed E-state index contributed by atoms with van der Waals surface area (Å²) in [6.07, 6.45) is 2.81. The number of nitrogens with zero attached hydrogens (tertiary/aromatic N) is 2. The number of rotatable bonds is 9. The van der Waals surface area contributed by atoms with E-state index in [1.807, 2.05) is 0 Å². The Morgan fingerprint density at radius 1 is 0.929 bits per heavy atom. The molecule has 0 aliphatic carbocycles. The minimum Gasteiger partial charge on any atom is -0.464 e. The Hall–Kier alpha value is -4.70. The van der Waals surface area contributed by atoms with E-state index in [9.17, 15) is 18.8 Å². The van der Waals surface area contributed by atoms with Crippen molar-refractivity contribution in [3.63, 3.8) is 0 Å². The Kier molecular flexibility index (Phi) is 7.87. The van der Waals surface area contributed by atoms with Crippen molar-refractivity contribution in [2.45, 2.75) is 32.0 Å². The predicted molar refractivity (Wildman–Crippen MR) is 151 cm³/mol. The first-order valence-electron chi connectivity index (χ1n) is 13.8. The summed E-state index contributed by atoms with van der Waals surface area (Å²) in [4.78, 5) is 43.9. The van der Waals surface area contributed by atoms with Crippen molar-refractivity contribution in [2.75, 3.05) is 26.5 Å². The molecule has 3 aromatic carbocycles. The molecule has 1 atom stereocenters. The molecule has 42 heavy (non-hydrogen) atoms. The maximum atomic E-state index is 13.9. The summed E-state index contributed by atoms with van der Waals surface area (Å²) in [6.45, 7) is 0.673. The third-order valence-electron chi connectivity index (χ3n) is 7.43. The van der Waals surface area contributed by atoms with Crippen molar-refractivity contribution < 1.29 is 32.6 Å². The van der Waals surface area contributed by atoms with Crippen LogP contribution in [0.15, 0.2) is 82.2 Å². The number of carbonyl (C=O) groups is 2. The lowest BCUT2D eigenvalue weighted by Crippen LogP contribution is -2.45. The fourth-order valence-electron chi connectivity index (χ4n) is 5.20. The molecule has 2 amide bonds. The van der Waals surface area contributed by atoms with E-state index in [1.54, 1.807) is 54.6 Å². The maximum Gasteiger partial charge on any atom is 0.254 e. The minimum absolute atomic E-state index is 0.0602. The van der Waals surface area contributed by atoms with Crippen LogP contribution in [-0.2, 0) is 22.6 Å². The van der Waals surface area contributed by atoms with Gasteiger partial charge in [0.15, 0.2) is 16.9 Å². The third-order valence-corrected chi connectivity index (χ3v) is 7.43. The van der Waals surface area contributed by atoms with Crippen LogP contribution in [0.25, 0.3) is 11.0 Å². The molecule has 0 N–H and O–H groups in total. The molecule has 0 radical (unpaired) electrons. The highest BCUT2D eigenvalue weighted by Crippen LogP contribution is 2.33. The van der Waals surface area contributed by atoms with Gasteiger partial charge in [0, 0.05) is 25.3 Å². The van der Waals surface area contributed by atoms with Crippen molar-refractivity contribution in [2.24, 2.45) is 0 Å². The van der Waals surface area contributed by atoms with Crippen LogP contribution in [0.3, 0.4) is 0 Å². The zero-order valence-electron chi connectivity index (χ0n) is 22.8. The molecule has 2 aliphatic heterocycles. The monoisotopic (exact) mass is 572 g/mol. The van der Waals surface area contributed by atoms with Gasteiger partial charge in [-0.2, -0.15) is 0 Å². The first-order valence-corrected chi connectivity index (χ1v) is 13.8.